The molecule has 2 aliphatic heterocycles. The first-order valence-electron chi connectivity index (χ1n) is 6.94. The molecule has 0 amide bonds. The van der Waals surface area contributed by atoms with Crippen molar-refractivity contribution < 1.29 is 0 Å². The third-order valence-corrected chi connectivity index (χ3v) is 5.03. The van der Waals surface area contributed by atoms with Crippen LogP contribution in [0.2, 0.25) is 10.2 Å². The Morgan fingerprint density at radius 2 is 2.21 bits per heavy atom. The summed E-state index contributed by atoms with van der Waals surface area (Å²) in [5.74, 6) is 1.56. The molecule has 3 nitrogen and oxygen atoms in total. The molecule has 0 radical (unpaired) electrons. The Morgan fingerprint density at radius 3 is 3.00 bits per heavy atom. The lowest BCUT2D eigenvalue weighted by Crippen LogP contribution is -2.34. The number of halogens is 2. The summed E-state index contributed by atoms with van der Waals surface area (Å²) in [6.07, 6.45) is 1.18. The Hall–Kier alpha value is -0.350. The highest BCUT2D eigenvalue weighted by molar-refractivity contribution is 6.32. The van der Waals surface area contributed by atoms with Crippen molar-refractivity contribution in [2.45, 2.75) is 25.9 Å². The summed E-state index contributed by atoms with van der Waals surface area (Å²) in [4.78, 5) is 6.90. The Bertz CT molecular complexity index is 466. The van der Waals surface area contributed by atoms with Gasteiger partial charge in [0.1, 0.15) is 5.15 Å². The molecule has 19 heavy (non-hydrogen) atoms. The van der Waals surface area contributed by atoms with Crippen molar-refractivity contribution in [3.05, 3.63) is 28.0 Å². The van der Waals surface area contributed by atoms with Gasteiger partial charge in [-0.25, -0.2) is 4.98 Å². The van der Waals surface area contributed by atoms with Gasteiger partial charge in [-0.1, -0.05) is 30.1 Å². The Balaban J connectivity index is 1.77. The highest BCUT2D eigenvalue weighted by Gasteiger charge is 2.43. The highest BCUT2D eigenvalue weighted by Crippen LogP contribution is 2.35. The number of hydrogen-bond acceptors (Lipinski definition) is 3. The molecule has 5 heteroatoms. The molecule has 2 saturated heterocycles. The smallest absolute Gasteiger partial charge is 0.129 e. The van der Waals surface area contributed by atoms with Crippen LogP contribution in [0.25, 0.3) is 0 Å². The van der Waals surface area contributed by atoms with Crippen molar-refractivity contribution >= 4 is 23.2 Å². The molecule has 3 atom stereocenters. The average molecular weight is 300 g/mol. The number of aromatic nitrogens is 1. The molecule has 1 N–H and O–H groups in total. The Labute approximate surface area is 124 Å². The number of likely N-dealkylation sites (tertiary alicyclic amines) is 1. The molecule has 2 fully saturated rings. The van der Waals surface area contributed by atoms with E-state index in [-0.39, 0.29) is 0 Å². The first kappa shape index (κ1) is 13.6. The number of hydrogen-bond donors (Lipinski definition) is 1. The lowest BCUT2D eigenvalue weighted by atomic mass is 9.93. The maximum atomic E-state index is 6.23. The van der Waals surface area contributed by atoms with E-state index in [2.05, 4.69) is 22.1 Å². The Kier molecular flexibility index (Phi) is 3.99. The Morgan fingerprint density at radius 1 is 1.37 bits per heavy atom. The van der Waals surface area contributed by atoms with E-state index >= 15 is 0 Å². The summed E-state index contributed by atoms with van der Waals surface area (Å²) >= 11 is 12.2. The fourth-order valence-electron chi connectivity index (χ4n) is 3.61. The summed E-state index contributed by atoms with van der Waals surface area (Å²) in [5.41, 5.74) is 0.903. The average Bonchev–Trinajstić information content (AvgIpc) is 2.94. The van der Waals surface area contributed by atoms with E-state index in [0.29, 0.717) is 11.2 Å². The maximum absolute atomic E-state index is 6.23. The van der Waals surface area contributed by atoms with Gasteiger partial charge in [-0.15, -0.1) is 0 Å². The number of fused-ring (bicyclic) bond motifs is 1. The van der Waals surface area contributed by atoms with Crippen molar-refractivity contribution in [3.8, 4) is 0 Å². The fraction of sp³-hybridized carbons (Fsp3) is 0.643. The van der Waals surface area contributed by atoms with Crippen LogP contribution in [-0.4, -0.2) is 35.6 Å². The van der Waals surface area contributed by atoms with Crippen molar-refractivity contribution in [2.24, 2.45) is 11.8 Å². The molecule has 1 aromatic rings. The standard InChI is InChI=1S/C14H19Cl2N3/c1-2-13-10-6-17-5-9(10)7-19(13)8-12-11(15)3-4-14(16)18-12/h3-4,9-10,13,17H,2,5-8H2,1H3. The van der Waals surface area contributed by atoms with E-state index in [9.17, 15) is 0 Å². The highest BCUT2D eigenvalue weighted by atomic mass is 35.5. The summed E-state index contributed by atoms with van der Waals surface area (Å²) in [7, 11) is 0. The van der Waals surface area contributed by atoms with Gasteiger partial charge in [-0.2, -0.15) is 0 Å². The lowest BCUT2D eigenvalue weighted by molar-refractivity contribution is 0.208. The third-order valence-electron chi connectivity index (χ3n) is 4.48. The molecule has 3 rings (SSSR count). The van der Waals surface area contributed by atoms with Crippen LogP contribution in [0.5, 0.6) is 0 Å². The van der Waals surface area contributed by atoms with E-state index in [0.717, 1.165) is 48.7 Å². The van der Waals surface area contributed by atoms with Crippen LogP contribution < -0.4 is 5.32 Å². The SMILES string of the molecule is CCC1C2CNCC2CN1Cc1nc(Cl)ccc1Cl. The first-order chi connectivity index (χ1) is 9.19. The summed E-state index contributed by atoms with van der Waals surface area (Å²) < 4.78 is 0. The first-order valence-corrected chi connectivity index (χ1v) is 7.70. The number of nitrogens with zero attached hydrogens (tertiary/aromatic N) is 2. The van der Waals surface area contributed by atoms with Gasteiger partial charge in [0.25, 0.3) is 0 Å². The van der Waals surface area contributed by atoms with Crippen LogP contribution in [0.1, 0.15) is 19.0 Å². The normalized spacial score (nSPS) is 30.8. The van der Waals surface area contributed by atoms with Crippen LogP contribution in [0.15, 0.2) is 12.1 Å². The molecule has 3 unspecified atom stereocenters. The second-order valence-electron chi connectivity index (χ2n) is 5.55. The van der Waals surface area contributed by atoms with Crippen LogP contribution in [0.4, 0.5) is 0 Å². The van der Waals surface area contributed by atoms with E-state index < -0.39 is 0 Å². The summed E-state index contributed by atoms with van der Waals surface area (Å²) in [6.45, 7) is 6.52. The fourth-order valence-corrected chi connectivity index (χ4v) is 3.94. The zero-order valence-corrected chi connectivity index (χ0v) is 12.6. The van der Waals surface area contributed by atoms with Gasteiger partial charge in [0.15, 0.2) is 0 Å². The molecular formula is C14H19Cl2N3. The molecule has 0 spiro atoms. The van der Waals surface area contributed by atoms with Crippen LogP contribution in [0.3, 0.4) is 0 Å². The number of rotatable bonds is 3. The minimum atomic E-state index is 0.522. The topological polar surface area (TPSA) is 28.2 Å². The minimum Gasteiger partial charge on any atom is -0.316 e. The monoisotopic (exact) mass is 299 g/mol. The van der Waals surface area contributed by atoms with Crippen molar-refractivity contribution in [1.82, 2.24) is 15.2 Å². The van der Waals surface area contributed by atoms with Crippen LogP contribution in [0, 0.1) is 11.8 Å². The summed E-state index contributed by atoms with van der Waals surface area (Å²) in [6, 6.07) is 4.22. The predicted molar refractivity (Wildman–Crippen MR) is 78.6 cm³/mol. The molecule has 0 aliphatic carbocycles. The molecule has 0 bridgehead atoms. The van der Waals surface area contributed by atoms with Crippen molar-refractivity contribution in [3.63, 3.8) is 0 Å². The van der Waals surface area contributed by atoms with Gasteiger partial charge >= 0.3 is 0 Å². The van der Waals surface area contributed by atoms with Gasteiger partial charge in [0.2, 0.25) is 0 Å². The van der Waals surface area contributed by atoms with E-state index in [4.69, 9.17) is 23.2 Å². The summed E-state index contributed by atoms with van der Waals surface area (Å²) in [5, 5.41) is 4.74. The van der Waals surface area contributed by atoms with Gasteiger partial charge in [-0.05, 0) is 43.5 Å². The maximum Gasteiger partial charge on any atom is 0.129 e. The van der Waals surface area contributed by atoms with Crippen LogP contribution >= 0.6 is 23.2 Å². The number of pyridine rings is 1. The quantitative estimate of drug-likeness (QED) is 0.870. The largest absolute Gasteiger partial charge is 0.316 e. The third kappa shape index (κ3) is 2.62. The molecule has 2 aliphatic rings. The molecule has 1 aromatic heterocycles. The molecule has 104 valence electrons. The zero-order valence-electron chi connectivity index (χ0n) is 11.1. The van der Waals surface area contributed by atoms with Crippen LogP contribution in [-0.2, 0) is 6.54 Å². The second-order valence-corrected chi connectivity index (χ2v) is 6.34. The van der Waals surface area contributed by atoms with E-state index in [1.807, 2.05) is 6.07 Å². The second kappa shape index (κ2) is 5.57. The predicted octanol–water partition coefficient (Wildman–Crippen LogP) is 2.82. The van der Waals surface area contributed by atoms with Gasteiger partial charge in [0.05, 0.1) is 10.7 Å². The zero-order chi connectivity index (χ0) is 13.4. The molecule has 0 saturated carbocycles. The van der Waals surface area contributed by atoms with Crippen molar-refractivity contribution in [2.75, 3.05) is 19.6 Å². The minimum absolute atomic E-state index is 0.522. The molecular weight excluding hydrogens is 281 g/mol. The number of nitrogens with one attached hydrogen (secondary N) is 1. The van der Waals surface area contributed by atoms with Gasteiger partial charge in [-0.3, -0.25) is 4.90 Å². The lowest BCUT2D eigenvalue weighted by Gasteiger charge is -2.26. The van der Waals surface area contributed by atoms with Gasteiger partial charge in [0, 0.05) is 19.1 Å². The van der Waals surface area contributed by atoms with Gasteiger partial charge < -0.3 is 5.32 Å². The molecule has 3 heterocycles. The van der Waals surface area contributed by atoms with E-state index in [1.54, 1.807) is 6.07 Å². The van der Waals surface area contributed by atoms with Crippen molar-refractivity contribution in [1.29, 1.82) is 0 Å². The molecule has 0 aromatic carbocycles. The van der Waals surface area contributed by atoms with E-state index in [1.165, 1.54) is 6.42 Å².